The molecule has 0 saturated carbocycles. The van der Waals surface area contributed by atoms with Crippen molar-refractivity contribution in [2.45, 2.75) is 252 Å². The van der Waals surface area contributed by atoms with Crippen molar-refractivity contribution in [2.75, 3.05) is 13.2 Å². The lowest BCUT2D eigenvalue weighted by molar-refractivity contribution is -0.152. The van der Waals surface area contributed by atoms with Gasteiger partial charge in [-0.3, -0.25) is 9.59 Å². The molecule has 0 heterocycles. The van der Waals surface area contributed by atoms with Crippen LogP contribution in [0.15, 0.2) is 0 Å². The van der Waals surface area contributed by atoms with E-state index in [4.69, 9.17) is 9.47 Å². The fourth-order valence-corrected chi connectivity index (χ4v) is 6.68. The van der Waals surface area contributed by atoms with Crippen molar-refractivity contribution in [3.63, 3.8) is 0 Å². The second kappa shape index (κ2) is 39.7. The highest BCUT2D eigenvalue weighted by atomic mass is 16.6. The zero-order valence-corrected chi connectivity index (χ0v) is 33.4. The largest absolute Gasteiger partial charge is 0.463 e. The molecule has 0 radical (unpaired) electrons. The van der Waals surface area contributed by atoms with Crippen LogP contribution in [0.4, 0.5) is 0 Å². The summed E-state index contributed by atoms with van der Waals surface area (Å²) in [6.45, 7) is 6.70. The summed E-state index contributed by atoms with van der Waals surface area (Å²) >= 11 is 0. The molecule has 0 rings (SSSR count). The van der Waals surface area contributed by atoms with Gasteiger partial charge in [-0.15, -0.1) is 0 Å². The van der Waals surface area contributed by atoms with Crippen molar-refractivity contribution >= 4 is 11.9 Å². The molecule has 0 aromatic heterocycles. The first-order valence-corrected chi connectivity index (χ1v) is 21.9. The van der Waals surface area contributed by atoms with Crippen molar-refractivity contribution in [1.82, 2.24) is 0 Å². The zero-order valence-electron chi connectivity index (χ0n) is 33.4. The third-order valence-corrected chi connectivity index (χ3v) is 10.0. The van der Waals surface area contributed by atoms with Crippen LogP contribution in [0.2, 0.25) is 0 Å². The van der Waals surface area contributed by atoms with Crippen LogP contribution in [-0.4, -0.2) is 36.4 Å². The molecule has 5 nitrogen and oxygen atoms in total. The Morgan fingerprint density at radius 1 is 0.408 bits per heavy atom. The molecule has 0 aliphatic heterocycles. The Bertz CT molecular complexity index is 678. The summed E-state index contributed by atoms with van der Waals surface area (Å²) < 4.78 is 10.4. The minimum absolute atomic E-state index is 0.108. The van der Waals surface area contributed by atoms with Crippen molar-refractivity contribution in [1.29, 1.82) is 0 Å². The molecule has 0 saturated heterocycles. The SMILES string of the molecule is CCCCCCCCCCCCCCCCCCCCC(=O)OC[C@@H](O)COC(=O)CCCCCCCCCCCCCCCCC(C)C. The van der Waals surface area contributed by atoms with E-state index in [9.17, 15) is 14.7 Å². The number of carbonyl (C=O) groups excluding carboxylic acids is 2. The Balaban J connectivity index is 3.36. The number of hydrogen-bond donors (Lipinski definition) is 1. The minimum atomic E-state index is -0.956. The van der Waals surface area contributed by atoms with Crippen molar-refractivity contribution in [3.05, 3.63) is 0 Å². The highest BCUT2D eigenvalue weighted by molar-refractivity contribution is 5.69. The Morgan fingerprint density at radius 3 is 0.918 bits per heavy atom. The first-order valence-electron chi connectivity index (χ1n) is 21.9. The van der Waals surface area contributed by atoms with Crippen LogP contribution in [-0.2, 0) is 19.1 Å². The highest BCUT2D eigenvalue weighted by Gasteiger charge is 2.12. The second-order valence-corrected chi connectivity index (χ2v) is 15.7. The first kappa shape index (κ1) is 47.9. The lowest BCUT2D eigenvalue weighted by Gasteiger charge is -2.12. The Hall–Kier alpha value is -1.10. The molecule has 5 heteroatoms. The molecule has 0 fully saturated rings. The van der Waals surface area contributed by atoms with E-state index < -0.39 is 6.10 Å². The molecule has 0 spiro atoms. The molecule has 0 aromatic rings. The van der Waals surface area contributed by atoms with Gasteiger partial charge in [0.2, 0.25) is 0 Å². The van der Waals surface area contributed by atoms with E-state index in [1.807, 2.05) is 0 Å². The van der Waals surface area contributed by atoms with E-state index in [-0.39, 0.29) is 25.2 Å². The number of hydrogen-bond acceptors (Lipinski definition) is 5. The quantitative estimate of drug-likeness (QED) is 0.0510. The van der Waals surface area contributed by atoms with E-state index in [1.54, 1.807) is 0 Å². The average molecular weight is 695 g/mol. The molecule has 49 heavy (non-hydrogen) atoms. The average Bonchev–Trinajstić information content (AvgIpc) is 3.08. The maximum atomic E-state index is 12.0. The number of aliphatic hydroxyl groups is 1. The molecule has 0 aliphatic carbocycles. The summed E-state index contributed by atoms with van der Waals surface area (Å²) in [7, 11) is 0. The van der Waals surface area contributed by atoms with Crippen molar-refractivity contribution in [2.24, 2.45) is 5.92 Å². The van der Waals surface area contributed by atoms with Gasteiger partial charge in [0.25, 0.3) is 0 Å². The Kier molecular flexibility index (Phi) is 38.8. The van der Waals surface area contributed by atoms with Gasteiger partial charge in [0, 0.05) is 12.8 Å². The number of unbranched alkanes of at least 4 members (excludes halogenated alkanes) is 30. The van der Waals surface area contributed by atoms with Gasteiger partial charge in [0.15, 0.2) is 0 Å². The Labute approximate surface area is 306 Å². The van der Waals surface area contributed by atoms with Crippen LogP contribution >= 0.6 is 0 Å². The van der Waals surface area contributed by atoms with Crippen LogP contribution < -0.4 is 0 Å². The van der Waals surface area contributed by atoms with Gasteiger partial charge < -0.3 is 14.6 Å². The zero-order chi connectivity index (χ0) is 35.9. The third kappa shape index (κ3) is 41.2. The van der Waals surface area contributed by atoms with E-state index >= 15 is 0 Å². The second-order valence-electron chi connectivity index (χ2n) is 15.7. The minimum Gasteiger partial charge on any atom is -0.463 e. The normalized spacial score (nSPS) is 12.1. The summed E-state index contributed by atoms with van der Waals surface area (Å²) in [5, 5.41) is 10.0. The van der Waals surface area contributed by atoms with Gasteiger partial charge in [-0.1, -0.05) is 220 Å². The molecule has 0 bridgehead atoms. The van der Waals surface area contributed by atoms with E-state index in [2.05, 4.69) is 20.8 Å². The highest BCUT2D eigenvalue weighted by Crippen LogP contribution is 2.16. The first-order chi connectivity index (χ1) is 24.0. The predicted molar refractivity (Wildman–Crippen MR) is 210 cm³/mol. The maximum Gasteiger partial charge on any atom is 0.305 e. The van der Waals surface area contributed by atoms with E-state index in [1.165, 1.54) is 186 Å². The summed E-state index contributed by atoms with van der Waals surface area (Å²) in [5.41, 5.74) is 0. The number of ether oxygens (including phenoxy) is 2. The standard InChI is InChI=1S/C44H86O5/c1-4-5-6-7-8-9-10-11-12-13-14-15-19-22-25-28-31-34-37-43(46)48-39-42(45)40-49-44(47)38-35-32-29-26-23-20-17-16-18-21-24-27-30-33-36-41(2)3/h41-42,45H,4-40H2,1-3H3/t42-/m1/s1. The fraction of sp³-hybridized carbons (Fsp3) is 0.955. The van der Waals surface area contributed by atoms with Gasteiger partial charge in [-0.25, -0.2) is 0 Å². The summed E-state index contributed by atoms with van der Waals surface area (Å²) in [6, 6.07) is 0. The summed E-state index contributed by atoms with van der Waals surface area (Å²) in [5.74, 6) is 0.305. The number of carbonyl (C=O) groups is 2. The monoisotopic (exact) mass is 695 g/mol. The van der Waals surface area contributed by atoms with Crippen molar-refractivity contribution in [3.8, 4) is 0 Å². The van der Waals surface area contributed by atoms with Crippen LogP contribution in [0.25, 0.3) is 0 Å². The summed E-state index contributed by atoms with van der Waals surface area (Å²) in [6.07, 6.45) is 43.1. The Morgan fingerprint density at radius 2 is 0.653 bits per heavy atom. The predicted octanol–water partition coefficient (Wildman–Crippen LogP) is 13.8. The maximum absolute atomic E-state index is 12.0. The van der Waals surface area contributed by atoms with Gasteiger partial charge in [0.1, 0.15) is 19.3 Å². The number of esters is 2. The number of aliphatic hydroxyl groups excluding tert-OH is 1. The van der Waals surface area contributed by atoms with Crippen LogP contribution in [0.5, 0.6) is 0 Å². The van der Waals surface area contributed by atoms with E-state index in [0.29, 0.717) is 12.8 Å². The molecular formula is C44H86O5. The molecule has 292 valence electrons. The molecule has 0 aromatic carbocycles. The summed E-state index contributed by atoms with van der Waals surface area (Å²) in [4.78, 5) is 24.0. The van der Waals surface area contributed by atoms with Crippen LogP contribution in [0, 0.1) is 5.92 Å². The smallest absolute Gasteiger partial charge is 0.305 e. The lowest BCUT2D eigenvalue weighted by atomic mass is 10.0. The molecule has 1 atom stereocenters. The topological polar surface area (TPSA) is 72.8 Å². The van der Waals surface area contributed by atoms with Crippen molar-refractivity contribution < 1.29 is 24.2 Å². The lowest BCUT2D eigenvalue weighted by Crippen LogP contribution is -2.25. The van der Waals surface area contributed by atoms with Gasteiger partial charge in [-0.2, -0.15) is 0 Å². The molecule has 1 N–H and O–H groups in total. The molecular weight excluding hydrogens is 608 g/mol. The third-order valence-electron chi connectivity index (χ3n) is 10.0. The van der Waals surface area contributed by atoms with Crippen LogP contribution in [0.3, 0.4) is 0 Å². The van der Waals surface area contributed by atoms with Gasteiger partial charge in [-0.05, 0) is 18.8 Å². The molecule has 0 amide bonds. The molecule has 0 aliphatic rings. The molecule has 0 unspecified atom stereocenters. The van der Waals surface area contributed by atoms with E-state index in [0.717, 1.165) is 31.6 Å². The van der Waals surface area contributed by atoms with Gasteiger partial charge >= 0.3 is 11.9 Å². The number of rotatable bonds is 40. The van der Waals surface area contributed by atoms with Gasteiger partial charge in [0.05, 0.1) is 0 Å². The van der Waals surface area contributed by atoms with Crippen LogP contribution in [0.1, 0.15) is 245 Å². The fourth-order valence-electron chi connectivity index (χ4n) is 6.68.